The number of amides is 1. The third-order valence-electron chi connectivity index (χ3n) is 4.42. The van der Waals surface area contributed by atoms with Crippen LogP contribution in [0.4, 0.5) is 5.69 Å². The summed E-state index contributed by atoms with van der Waals surface area (Å²) in [5.74, 6) is 1.15. The van der Waals surface area contributed by atoms with Crippen LogP contribution < -0.4 is 5.32 Å². The summed E-state index contributed by atoms with van der Waals surface area (Å²) in [6, 6.07) is 9.40. The van der Waals surface area contributed by atoms with E-state index in [4.69, 9.17) is 4.52 Å². The number of carbonyl (C=O) groups excluding carboxylic acids is 1. The number of aryl methyl sites for hydroxylation is 1. The van der Waals surface area contributed by atoms with Crippen LogP contribution in [-0.2, 0) is 6.54 Å². The van der Waals surface area contributed by atoms with Crippen LogP contribution in [0, 0.1) is 12.8 Å². The highest BCUT2D eigenvalue weighted by molar-refractivity contribution is 5.95. The maximum absolute atomic E-state index is 12.6. The molecule has 1 aliphatic rings. The number of benzene rings is 1. The van der Waals surface area contributed by atoms with Crippen molar-refractivity contribution in [1.29, 1.82) is 0 Å². The molecule has 1 fully saturated rings. The van der Waals surface area contributed by atoms with Crippen molar-refractivity contribution in [3.8, 4) is 0 Å². The molecule has 1 aromatic carbocycles. The Balaban J connectivity index is 1.61. The van der Waals surface area contributed by atoms with Gasteiger partial charge in [-0.1, -0.05) is 11.2 Å². The van der Waals surface area contributed by atoms with Crippen LogP contribution in [0.1, 0.15) is 34.7 Å². The van der Waals surface area contributed by atoms with E-state index in [0.717, 1.165) is 30.0 Å². The number of rotatable bonds is 5. The van der Waals surface area contributed by atoms with Gasteiger partial charge in [0.25, 0.3) is 5.91 Å². The van der Waals surface area contributed by atoms with Crippen LogP contribution in [0.25, 0.3) is 0 Å². The molecule has 0 atom stereocenters. The van der Waals surface area contributed by atoms with E-state index in [1.807, 2.05) is 42.2 Å². The normalized spacial score (nSPS) is 15.5. The number of aliphatic hydroxyl groups is 1. The lowest BCUT2D eigenvalue weighted by Gasteiger charge is -2.31. The molecule has 3 rings (SSSR count). The van der Waals surface area contributed by atoms with Crippen molar-refractivity contribution in [3.63, 3.8) is 0 Å². The Labute approximate surface area is 141 Å². The first-order chi connectivity index (χ1) is 11.7. The third kappa shape index (κ3) is 3.94. The van der Waals surface area contributed by atoms with Gasteiger partial charge < -0.3 is 19.8 Å². The predicted octanol–water partition coefficient (Wildman–Crippen LogP) is 2.44. The molecule has 1 saturated heterocycles. The summed E-state index contributed by atoms with van der Waals surface area (Å²) >= 11 is 0. The SMILES string of the molecule is Cc1cc(CNc2cccc(C(=O)N3CCC(CO)CC3)c2)no1. The summed E-state index contributed by atoms with van der Waals surface area (Å²) in [5.41, 5.74) is 2.39. The van der Waals surface area contributed by atoms with Gasteiger partial charge in [-0.25, -0.2) is 0 Å². The lowest BCUT2D eigenvalue weighted by atomic mass is 9.97. The molecule has 0 bridgehead atoms. The van der Waals surface area contributed by atoms with Gasteiger partial charge >= 0.3 is 0 Å². The molecule has 6 nitrogen and oxygen atoms in total. The van der Waals surface area contributed by atoms with E-state index in [1.165, 1.54) is 0 Å². The van der Waals surface area contributed by atoms with Gasteiger partial charge in [0.1, 0.15) is 11.5 Å². The van der Waals surface area contributed by atoms with Gasteiger partial charge in [-0.3, -0.25) is 4.79 Å². The highest BCUT2D eigenvalue weighted by Crippen LogP contribution is 2.20. The maximum atomic E-state index is 12.6. The maximum Gasteiger partial charge on any atom is 0.253 e. The van der Waals surface area contributed by atoms with E-state index in [1.54, 1.807) is 0 Å². The molecule has 2 N–H and O–H groups in total. The monoisotopic (exact) mass is 329 g/mol. The minimum atomic E-state index is 0.0484. The van der Waals surface area contributed by atoms with Crippen molar-refractivity contribution < 1.29 is 14.4 Å². The van der Waals surface area contributed by atoms with Crippen molar-refractivity contribution in [2.24, 2.45) is 5.92 Å². The van der Waals surface area contributed by atoms with Crippen molar-refractivity contribution in [2.75, 3.05) is 25.0 Å². The molecule has 1 aromatic heterocycles. The molecule has 0 unspecified atom stereocenters. The van der Waals surface area contributed by atoms with E-state index in [0.29, 0.717) is 31.1 Å². The van der Waals surface area contributed by atoms with Crippen LogP contribution in [0.2, 0.25) is 0 Å². The lowest BCUT2D eigenvalue weighted by Crippen LogP contribution is -2.39. The number of anilines is 1. The Bertz CT molecular complexity index is 690. The summed E-state index contributed by atoms with van der Waals surface area (Å²) in [6.45, 7) is 4.04. The standard InChI is InChI=1S/C18H23N3O3/c1-13-9-17(20-24-13)11-19-16-4-2-3-15(10-16)18(23)21-7-5-14(12-22)6-8-21/h2-4,9-10,14,19,22H,5-8,11-12H2,1H3. The Morgan fingerprint density at radius 2 is 2.17 bits per heavy atom. The molecule has 0 saturated carbocycles. The molecule has 6 heteroatoms. The fourth-order valence-electron chi connectivity index (χ4n) is 2.96. The molecule has 2 aromatic rings. The molecular weight excluding hydrogens is 306 g/mol. The van der Waals surface area contributed by atoms with E-state index >= 15 is 0 Å². The van der Waals surface area contributed by atoms with Crippen LogP contribution >= 0.6 is 0 Å². The fraction of sp³-hybridized carbons (Fsp3) is 0.444. The predicted molar refractivity (Wildman–Crippen MR) is 90.7 cm³/mol. The quantitative estimate of drug-likeness (QED) is 0.881. The van der Waals surface area contributed by atoms with Crippen molar-refractivity contribution >= 4 is 11.6 Å². The first kappa shape index (κ1) is 16.5. The highest BCUT2D eigenvalue weighted by Gasteiger charge is 2.23. The van der Waals surface area contributed by atoms with Gasteiger partial charge in [0.05, 0.1) is 6.54 Å². The van der Waals surface area contributed by atoms with Crippen LogP contribution in [0.5, 0.6) is 0 Å². The second-order valence-electron chi connectivity index (χ2n) is 6.28. The van der Waals surface area contributed by atoms with Gasteiger partial charge in [-0.05, 0) is 43.9 Å². The Kier molecular flexibility index (Phi) is 5.15. The largest absolute Gasteiger partial charge is 0.396 e. The van der Waals surface area contributed by atoms with Gasteiger partial charge in [0.15, 0.2) is 0 Å². The summed E-state index contributed by atoms with van der Waals surface area (Å²) in [6.07, 6.45) is 1.73. The minimum Gasteiger partial charge on any atom is -0.396 e. The van der Waals surface area contributed by atoms with Crippen molar-refractivity contribution in [2.45, 2.75) is 26.3 Å². The lowest BCUT2D eigenvalue weighted by molar-refractivity contribution is 0.0651. The van der Waals surface area contributed by atoms with Gasteiger partial charge in [-0.15, -0.1) is 0 Å². The highest BCUT2D eigenvalue weighted by atomic mass is 16.5. The molecular formula is C18H23N3O3. The van der Waals surface area contributed by atoms with Crippen LogP contribution in [-0.4, -0.2) is 40.8 Å². The molecule has 0 radical (unpaired) electrons. The zero-order valence-electron chi connectivity index (χ0n) is 13.9. The van der Waals surface area contributed by atoms with E-state index < -0.39 is 0 Å². The zero-order chi connectivity index (χ0) is 16.9. The average Bonchev–Trinajstić information content (AvgIpc) is 3.05. The summed E-state index contributed by atoms with van der Waals surface area (Å²) in [4.78, 5) is 14.5. The average molecular weight is 329 g/mol. The molecule has 1 amide bonds. The van der Waals surface area contributed by atoms with Gasteiger partial charge in [0.2, 0.25) is 0 Å². The summed E-state index contributed by atoms with van der Waals surface area (Å²) in [7, 11) is 0. The first-order valence-corrected chi connectivity index (χ1v) is 8.32. The minimum absolute atomic E-state index is 0.0484. The second-order valence-corrected chi connectivity index (χ2v) is 6.28. The smallest absolute Gasteiger partial charge is 0.253 e. The van der Waals surface area contributed by atoms with Crippen molar-refractivity contribution in [1.82, 2.24) is 10.1 Å². The molecule has 0 spiro atoms. The number of aliphatic hydroxyl groups excluding tert-OH is 1. The molecule has 0 aliphatic carbocycles. The summed E-state index contributed by atoms with van der Waals surface area (Å²) < 4.78 is 5.04. The second kappa shape index (κ2) is 7.49. The number of nitrogens with zero attached hydrogens (tertiary/aromatic N) is 2. The van der Waals surface area contributed by atoms with E-state index in [9.17, 15) is 9.90 Å². The van der Waals surface area contributed by atoms with Crippen LogP contribution in [0.15, 0.2) is 34.9 Å². The van der Waals surface area contributed by atoms with Crippen molar-refractivity contribution in [3.05, 3.63) is 47.3 Å². The number of piperidine rings is 1. The zero-order valence-corrected chi connectivity index (χ0v) is 13.9. The number of likely N-dealkylation sites (tertiary alicyclic amines) is 1. The number of aromatic nitrogens is 1. The van der Waals surface area contributed by atoms with E-state index in [-0.39, 0.29) is 12.5 Å². The number of hydrogen-bond donors (Lipinski definition) is 2. The van der Waals surface area contributed by atoms with E-state index in [2.05, 4.69) is 10.5 Å². The Hall–Kier alpha value is -2.34. The molecule has 2 heterocycles. The van der Waals surface area contributed by atoms with Gasteiger partial charge in [0, 0.05) is 37.0 Å². The van der Waals surface area contributed by atoms with Gasteiger partial charge in [-0.2, -0.15) is 0 Å². The number of hydrogen-bond acceptors (Lipinski definition) is 5. The first-order valence-electron chi connectivity index (χ1n) is 8.32. The molecule has 128 valence electrons. The molecule has 1 aliphatic heterocycles. The summed E-state index contributed by atoms with van der Waals surface area (Å²) in [5, 5.41) is 16.4. The third-order valence-corrected chi connectivity index (χ3v) is 4.42. The number of carbonyl (C=O) groups is 1. The Morgan fingerprint density at radius 3 is 2.83 bits per heavy atom. The molecule has 24 heavy (non-hydrogen) atoms. The fourth-order valence-corrected chi connectivity index (χ4v) is 2.96. The van der Waals surface area contributed by atoms with Crippen LogP contribution in [0.3, 0.4) is 0 Å². The topological polar surface area (TPSA) is 78.6 Å². The Morgan fingerprint density at radius 1 is 1.38 bits per heavy atom. The number of nitrogens with one attached hydrogen (secondary N) is 1.